The van der Waals surface area contributed by atoms with Crippen molar-refractivity contribution in [1.29, 1.82) is 0 Å². The number of nitrogens with zero attached hydrogens (tertiary/aromatic N) is 1. The number of unbranched alkanes of at least 4 members (excludes halogenated alkanes) is 12. The Labute approximate surface area is 401 Å². The zero-order valence-electron chi connectivity index (χ0n) is 43.4. The van der Waals surface area contributed by atoms with Gasteiger partial charge in [-0.15, -0.1) is 0 Å². The minimum Gasteiger partial charge on any atom is -0.432 e. The van der Waals surface area contributed by atoms with Crippen molar-refractivity contribution in [2.75, 3.05) is 59.3 Å². The molecule has 0 spiro atoms. The Bertz CT molecular complexity index is 1340. The largest absolute Gasteiger partial charge is 0.508 e. The molecule has 1 heterocycles. The van der Waals surface area contributed by atoms with E-state index in [0.717, 1.165) is 81.0 Å². The first kappa shape index (κ1) is 54.5. The molecule has 1 unspecified atom stereocenters. The van der Waals surface area contributed by atoms with Crippen molar-refractivity contribution in [2.45, 2.75) is 234 Å². The van der Waals surface area contributed by atoms with Crippen molar-refractivity contribution in [2.24, 2.45) is 46.3 Å². The Morgan fingerprint density at radius 1 is 0.738 bits per heavy atom. The lowest BCUT2D eigenvalue weighted by molar-refractivity contribution is -0.0683. The molecule has 0 aromatic rings. The Morgan fingerprint density at radius 3 is 2.15 bits per heavy atom. The molecule has 7 nitrogen and oxygen atoms in total. The lowest BCUT2D eigenvalue weighted by Gasteiger charge is -2.58. The molecular formula is C58H103NO6. The molecule has 4 aliphatic carbocycles. The predicted molar refractivity (Wildman–Crippen MR) is 270 cm³/mol. The van der Waals surface area contributed by atoms with Crippen LogP contribution < -0.4 is 0 Å². The highest BCUT2D eigenvalue weighted by atomic mass is 16.7. The van der Waals surface area contributed by atoms with E-state index >= 15 is 0 Å². The van der Waals surface area contributed by atoms with Crippen LogP contribution in [-0.4, -0.2) is 82.5 Å². The van der Waals surface area contributed by atoms with Crippen LogP contribution in [0.3, 0.4) is 0 Å². The fourth-order valence-corrected chi connectivity index (χ4v) is 13.8. The summed E-state index contributed by atoms with van der Waals surface area (Å²) in [6.07, 6.45) is 43.7. The fraction of sp³-hybridized carbons (Fsp3) is 0.914. The summed E-state index contributed by atoms with van der Waals surface area (Å²) in [6, 6.07) is 0. The van der Waals surface area contributed by atoms with Crippen molar-refractivity contribution in [3.63, 3.8) is 0 Å². The minimum atomic E-state index is -0.637. The van der Waals surface area contributed by atoms with Crippen LogP contribution in [0.2, 0.25) is 0 Å². The molecule has 7 heteroatoms. The molecule has 0 radical (unpaired) electrons. The zero-order valence-corrected chi connectivity index (χ0v) is 43.4. The zero-order chi connectivity index (χ0) is 46.2. The summed E-state index contributed by atoms with van der Waals surface area (Å²) >= 11 is 0. The predicted octanol–water partition coefficient (Wildman–Crippen LogP) is 15.5. The average molecular weight is 910 g/mol. The third-order valence-corrected chi connectivity index (χ3v) is 17.6. The van der Waals surface area contributed by atoms with Gasteiger partial charge in [0.25, 0.3) is 0 Å². The summed E-state index contributed by atoms with van der Waals surface area (Å²) in [6.45, 7) is 20.6. The van der Waals surface area contributed by atoms with Gasteiger partial charge in [-0.2, -0.15) is 0 Å². The lowest BCUT2D eigenvalue weighted by atomic mass is 9.47. The van der Waals surface area contributed by atoms with E-state index in [-0.39, 0.29) is 25.4 Å². The van der Waals surface area contributed by atoms with Gasteiger partial charge in [0.15, 0.2) is 0 Å². The Morgan fingerprint density at radius 2 is 1.43 bits per heavy atom. The number of hydrogen-bond donors (Lipinski definition) is 0. The molecule has 9 atom stereocenters. The number of rotatable bonds is 33. The van der Waals surface area contributed by atoms with Gasteiger partial charge in [-0.25, -0.2) is 4.79 Å². The van der Waals surface area contributed by atoms with Gasteiger partial charge in [-0.3, -0.25) is 0 Å². The maximum Gasteiger partial charge on any atom is 0.508 e. The second-order valence-corrected chi connectivity index (χ2v) is 22.8. The van der Waals surface area contributed by atoms with Gasteiger partial charge in [0.2, 0.25) is 0 Å². The molecule has 1 aliphatic heterocycles. The van der Waals surface area contributed by atoms with E-state index in [1.807, 2.05) is 0 Å². The highest BCUT2D eigenvalue weighted by molar-refractivity contribution is 5.59. The topological polar surface area (TPSA) is 66.5 Å². The van der Waals surface area contributed by atoms with Crippen LogP contribution in [0.15, 0.2) is 23.8 Å². The van der Waals surface area contributed by atoms with Gasteiger partial charge in [-0.05, 0) is 156 Å². The molecule has 1 saturated heterocycles. The molecule has 5 rings (SSSR count). The highest BCUT2D eigenvalue weighted by Crippen LogP contribution is 2.67. The monoisotopic (exact) mass is 910 g/mol. The Hall–Kier alpha value is -1.41. The number of carbonyl (C=O) groups is 1. The van der Waals surface area contributed by atoms with Crippen molar-refractivity contribution in [1.82, 2.24) is 4.90 Å². The van der Waals surface area contributed by atoms with Crippen molar-refractivity contribution in [3.05, 3.63) is 23.8 Å². The Balaban J connectivity index is 0.900. The van der Waals surface area contributed by atoms with Crippen LogP contribution in [0.5, 0.6) is 0 Å². The molecule has 0 aromatic heterocycles. The van der Waals surface area contributed by atoms with Gasteiger partial charge in [0, 0.05) is 13.2 Å². The van der Waals surface area contributed by atoms with Crippen molar-refractivity contribution >= 4 is 6.16 Å². The SMILES string of the molecule is CCCCCCCCC=CCCCCCCCCOCC(CN1CCCCC1)OCCOC(=O)OCCO[C@H]1CC[C@@]2(C)C(=CC[C@H]3[C@@H]4CC[C@H]([C@H](C)CCCC(C)C)[C@@]4(C)CC[C@@H]32)C1. The molecular weight excluding hydrogens is 807 g/mol. The molecule has 3 saturated carbocycles. The summed E-state index contributed by atoms with van der Waals surface area (Å²) in [5.41, 5.74) is 2.50. The summed E-state index contributed by atoms with van der Waals surface area (Å²) < 4.78 is 29.6. The van der Waals surface area contributed by atoms with Gasteiger partial charge < -0.3 is 28.6 Å². The highest BCUT2D eigenvalue weighted by Gasteiger charge is 2.59. The Kier molecular flexibility index (Phi) is 25.4. The third-order valence-electron chi connectivity index (χ3n) is 17.6. The molecule has 0 amide bonds. The van der Waals surface area contributed by atoms with Gasteiger partial charge in [0.05, 0.1) is 32.0 Å². The first-order valence-corrected chi connectivity index (χ1v) is 28.3. The van der Waals surface area contributed by atoms with E-state index < -0.39 is 6.16 Å². The number of fused-ring (bicyclic) bond motifs is 5. The van der Waals surface area contributed by atoms with E-state index in [1.54, 1.807) is 5.57 Å². The van der Waals surface area contributed by atoms with Crippen LogP contribution in [0.1, 0.15) is 221 Å². The molecule has 376 valence electrons. The van der Waals surface area contributed by atoms with E-state index in [4.69, 9.17) is 23.7 Å². The number of likely N-dealkylation sites (tertiary alicyclic amines) is 1. The maximum absolute atomic E-state index is 12.5. The summed E-state index contributed by atoms with van der Waals surface area (Å²) in [5, 5.41) is 0. The van der Waals surface area contributed by atoms with Crippen LogP contribution in [0.4, 0.5) is 4.79 Å². The molecule has 0 N–H and O–H groups in total. The standard InChI is InChI=1S/C58H103NO6/c1-7-8-9-10-11-12-13-14-15-16-17-18-19-20-21-25-39-61-46-51(45-59-37-23-22-24-38-59)63-41-43-65-56(60)64-42-40-62-50-33-35-57(5)49(44-50)29-30-52-54-32-31-53(48(4)28-26-27-47(2)3)58(54,6)36-34-55(52)57/h14-15,29,47-48,50-55H,7-13,16-28,30-46H2,1-6H3/t48-,50+,51?,52+,53-,54+,55+,57+,58-/m1/s1. The number of ether oxygens (including phenoxy) is 5. The summed E-state index contributed by atoms with van der Waals surface area (Å²) in [5.74, 6) is 5.15. The van der Waals surface area contributed by atoms with Crippen LogP contribution in [0.25, 0.3) is 0 Å². The summed E-state index contributed by atoms with van der Waals surface area (Å²) in [7, 11) is 0. The quantitative estimate of drug-likeness (QED) is 0.0369. The molecule has 0 aromatic carbocycles. The molecule has 65 heavy (non-hydrogen) atoms. The smallest absolute Gasteiger partial charge is 0.432 e. The lowest BCUT2D eigenvalue weighted by Crippen LogP contribution is -2.51. The number of carbonyl (C=O) groups excluding carboxylic acids is 1. The number of hydrogen-bond acceptors (Lipinski definition) is 7. The van der Waals surface area contributed by atoms with E-state index in [1.165, 1.54) is 161 Å². The van der Waals surface area contributed by atoms with Crippen molar-refractivity contribution in [3.8, 4) is 0 Å². The minimum absolute atomic E-state index is 0.0239. The second kappa shape index (κ2) is 30.3. The van der Waals surface area contributed by atoms with Crippen molar-refractivity contribution < 1.29 is 28.5 Å². The van der Waals surface area contributed by atoms with E-state index in [9.17, 15) is 4.79 Å². The first-order valence-electron chi connectivity index (χ1n) is 28.3. The maximum atomic E-state index is 12.5. The fourth-order valence-electron chi connectivity index (χ4n) is 13.8. The second-order valence-electron chi connectivity index (χ2n) is 22.8. The van der Waals surface area contributed by atoms with Gasteiger partial charge in [0.1, 0.15) is 13.2 Å². The third kappa shape index (κ3) is 18.1. The van der Waals surface area contributed by atoms with E-state index in [0.29, 0.717) is 30.7 Å². The molecule has 5 aliphatic rings. The van der Waals surface area contributed by atoms with Crippen LogP contribution in [-0.2, 0) is 23.7 Å². The first-order chi connectivity index (χ1) is 31.6. The average Bonchev–Trinajstić information content (AvgIpc) is 3.66. The number of piperidine rings is 1. The summed E-state index contributed by atoms with van der Waals surface area (Å²) in [4.78, 5) is 15.0. The van der Waals surface area contributed by atoms with Crippen LogP contribution in [0, 0.1) is 46.3 Å². The normalized spacial score (nSPS) is 29.0. The molecule has 4 fully saturated rings. The van der Waals surface area contributed by atoms with Crippen LogP contribution >= 0.6 is 0 Å². The van der Waals surface area contributed by atoms with Gasteiger partial charge >= 0.3 is 6.16 Å². The number of allylic oxidation sites excluding steroid dienone is 3. The molecule has 0 bridgehead atoms. The van der Waals surface area contributed by atoms with E-state index in [2.05, 4.69) is 64.7 Å². The van der Waals surface area contributed by atoms with Gasteiger partial charge in [-0.1, -0.05) is 149 Å².